The molecule has 2 aliphatic rings. The molecule has 2 amide bonds. The first-order valence-corrected chi connectivity index (χ1v) is 9.70. The predicted octanol–water partition coefficient (Wildman–Crippen LogP) is 0.920. The summed E-state index contributed by atoms with van der Waals surface area (Å²) in [5.41, 5.74) is 1.67. The Balaban J connectivity index is 0.00000300. The summed E-state index contributed by atoms with van der Waals surface area (Å²) in [6.45, 7) is 4.52. The van der Waals surface area contributed by atoms with E-state index in [1.54, 1.807) is 19.1 Å². The van der Waals surface area contributed by atoms with E-state index in [-0.39, 0.29) is 42.3 Å². The van der Waals surface area contributed by atoms with E-state index in [0.29, 0.717) is 31.1 Å². The molecule has 2 saturated heterocycles. The highest BCUT2D eigenvalue weighted by molar-refractivity contribution is 14.0. The Morgan fingerprint density at radius 2 is 2.03 bits per heavy atom. The topological polar surface area (TPSA) is 86.3 Å². The number of nitrogens with zero attached hydrogens (tertiary/aromatic N) is 3. The zero-order valence-corrected chi connectivity index (χ0v) is 19.3. The molecule has 0 aromatic heterocycles. The van der Waals surface area contributed by atoms with E-state index in [1.807, 2.05) is 24.3 Å². The number of hydrogen-bond donors (Lipinski definition) is 2. The van der Waals surface area contributed by atoms with Gasteiger partial charge in [0.05, 0.1) is 13.2 Å². The van der Waals surface area contributed by atoms with Gasteiger partial charge in [-0.05, 0) is 24.1 Å². The van der Waals surface area contributed by atoms with Gasteiger partial charge in [-0.25, -0.2) is 0 Å². The molecule has 0 aliphatic carbocycles. The highest BCUT2D eigenvalue weighted by atomic mass is 127. The van der Waals surface area contributed by atoms with E-state index in [9.17, 15) is 9.59 Å². The monoisotopic (exact) mass is 515 g/mol. The molecule has 1 unspecified atom stereocenters. The third-order valence-corrected chi connectivity index (χ3v) is 5.18. The number of methoxy groups -OCH3 is 1. The number of aliphatic imine (C=N–C) groups is 1. The number of halogens is 1. The second-order valence-electron chi connectivity index (χ2n) is 7.23. The molecular weight excluding hydrogens is 485 g/mol. The number of hydrogen-bond acceptors (Lipinski definition) is 4. The Morgan fingerprint density at radius 1 is 1.28 bits per heavy atom. The van der Waals surface area contributed by atoms with Crippen LogP contribution in [0.1, 0.15) is 22.3 Å². The standard InChI is InChI=1S/C20H29N5O3.HI/c1-21-20(25-9-7-16(12-25)14-28-2)23-11-15-3-5-17(6-4-15)19(27)24-10-8-22-18(26)13-24;/h3-6,16H,7-14H2,1-2H3,(H,21,23)(H,22,26);1H. The molecule has 2 N–H and O–H groups in total. The highest BCUT2D eigenvalue weighted by Crippen LogP contribution is 2.16. The number of guanidine groups is 1. The summed E-state index contributed by atoms with van der Waals surface area (Å²) >= 11 is 0. The lowest BCUT2D eigenvalue weighted by atomic mass is 10.1. The first-order chi connectivity index (χ1) is 13.6. The summed E-state index contributed by atoms with van der Waals surface area (Å²) in [6, 6.07) is 7.52. The van der Waals surface area contributed by atoms with Crippen LogP contribution in [0.5, 0.6) is 0 Å². The van der Waals surface area contributed by atoms with Crippen LogP contribution in [0.4, 0.5) is 0 Å². The SMILES string of the molecule is CN=C(NCc1ccc(C(=O)N2CCNC(=O)C2)cc1)N1CCC(COC)C1.I. The summed E-state index contributed by atoms with van der Waals surface area (Å²) in [4.78, 5) is 32.2. The molecule has 3 rings (SSSR count). The van der Waals surface area contributed by atoms with E-state index in [4.69, 9.17) is 4.74 Å². The van der Waals surface area contributed by atoms with Gasteiger partial charge in [0.1, 0.15) is 0 Å². The van der Waals surface area contributed by atoms with Gasteiger partial charge in [0.2, 0.25) is 5.91 Å². The zero-order valence-electron chi connectivity index (χ0n) is 17.0. The van der Waals surface area contributed by atoms with Crippen LogP contribution in [0.15, 0.2) is 29.3 Å². The van der Waals surface area contributed by atoms with E-state index in [0.717, 1.165) is 37.6 Å². The molecule has 160 valence electrons. The van der Waals surface area contributed by atoms with Crippen molar-refractivity contribution in [2.24, 2.45) is 10.9 Å². The van der Waals surface area contributed by atoms with Gasteiger partial charge in [-0.2, -0.15) is 0 Å². The average Bonchev–Trinajstić information content (AvgIpc) is 3.17. The second-order valence-corrected chi connectivity index (χ2v) is 7.23. The average molecular weight is 515 g/mol. The molecule has 0 spiro atoms. The van der Waals surface area contributed by atoms with Crippen LogP contribution in [-0.4, -0.2) is 81.1 Å². The predicted molar refractivity (Wildman–Crippen MR) is 123 cm³/mol. The van der Waals surface area contributed by atoms with E-state index >= 15 is 0 Å². The molecule has 0 radical (unpaired) electrons. The Kier molecular flexibility index (Phi) is 9.15. The van der Waals surface area contributed by atoms with E-state index in [1.165, 1.54) is 0 Å². The van der Waals surface area contributed by atoms with Gasteiger partial charge in [-0.15, -0.1) is 24.0 Å². The number of likely N-dealkylation sites (tertiary alicyclic amines) is 1. The summed E-state index contributed by atoms with van der Waals surface area (Å²) in [5.74, 6) is 1.22. The highest BCUT2D eigenvalue weighted by Gasteiger charge is 2.25. The quantitative estimate of drug-likeness (QED) is 0.346. The Labute approximate surface area is 189 Å². The molecule has 2 fully saturated rings. The lowest BCUT2D eigenvalue weighted by Gasteiger charge is -2.26. The first kappa shape index (κ1) is 23.4. The summed E-state index contributed by atoms with van der Waals surface area (Å²) < 4.78 is 5.26. The van der Waals surface area contributed by atoms with Crippen molar-refractivity contribution < 1.29 is 14.3 Å². The maximum atomic E-state index is 12.5. The minimum Gasteiger partial charge on any atom is -0.384 e. The number of amides is 2. The van der Waals surface area contributed by atoms with Crippen molar-refractivity contribution in [3.8, 4) is 0 Å². The van der Waals surface area contributed by atoms with Gasteiger partial charge < -0.3 is 25.2 Å². The van der Waals surface area contributed by atoms with Crippen molar-refractivity contribution in [3.05, 3.63) is 35.4 Å². The van der Waals surface area contributed by atoms with Crippen molar-refractivity contribution in [1.29, 1.82) is 0 Å². The number of nitrogens with one attached hydrogen (secondary N) is 2. The number of ether oxygens (including phenoxy) is 1. The summed E-state index contributed by atoms with van der Waals surface area (Å²) in [5, 5.41) is 6.12. The Hall–Kier alpha value is -1.88. The Morgan fingerprint density at radius 3 is 2.69 bits per heavy atom. The smallest absolute Gasteiger partial charge is 0.254 e. The van der Waals surface area contributed by atoms with E-state index in [2.05, 4.69) is 20.5 Å². The van der Waals surface area contributed by atoms with Crippen LogP contribution < -0.4 is 10.6 Å². The number of rotatable bonds is 5. The van der Waals surface area contributed by atoms with Crippen molar-refractivity contribution >= 4 is 41.8 Å². The minimum absolute atomic E-state index is 0. The summed E-state index contributed by atoms with van der Waals surface area (Å²) in [7, 11) is 3.53. The maximum Gasteiger partial charge on any atom is 0.254 e. The molecule has 8 nitrogen and oxygen atoms in total. The normalized spacial score (nSPS) is 19.6. The van der Waals surface area contributed by atoms with Crippen LogP contribution in [0.25, 0.3) is 0 Å². The minimum atomic E-state index is -0.110. The molecule has 29 heavy (non-hydrogen) atoms. The van der Waals surface area contributed by atoms with Gasteiger partial charge in [-0.3, -0.25) is 14.6 Å². The fourth-order valence-electron chi connectivity index (χ4n) is 3.67. The van der Waals surface area contributed by atoms with Crippen LogP contribution in [0, 0.1) is 5.92 Å². The molecule has 9 heteroatoms. The summed E-state index contributed by atoms with van der Waals surface area (Å²) in [6.07, 6.45) is 1.11. The molecule has 0 saturated carbocycles. The van der Waals surface area contributed by atoms with Gasteiger partial charge in [-0.1, -0.05) is 12.1 Å². The lowest BCUT2D eigenvalue weighted by molar-refractivity contribution is -0.123. The largest absolute Gasteiger partial charge is 0.384 e. The van der Waals surface area contributed by atoms with Crippen LogP contribution in [0.2, 0.25) is 0 Å². The van der Waals surface area contributed by atoms with Crippen molar-refractivity contribution in [1.82, 2.24) is 20.4 Å². The molecule has 1 aromatic rings. The van der Waals surface area contributed by atoms with Gasteiger partial charge >= 0.3 is 0 Å². The van der Waals surface area contributed by atoms with E-state index < -0.39 is 0 Å². The van der Waals surface area contributed by atoms with Gasteiger partial charge in [0.15, 0.2) is 5.96 Å². The van der Waals surface area contributed by atoms with Crippen LogP contribution in [-0.2, 0) is 16.1 Å². The molecule has 2 aliphatic heterocycles. The molecule has 1 aromatic carbocycles. The molecule has 2 heterocycles. The van der Waals surface area contributed by atoms with Crippen molar-refractivity contribution in [2.45, 2.75) is 13.0 Å². The van der Waals surface area contributed by atoms with Crippen molar-refractivity contribution in [2.75, 3.05) is 53.5 Å². The first-order valence-electron chi connectivity index (χ1n) is 9.70. The van der Waals surface area contributed by atoms with Crippen LogP contribution in [0.3, 0.4) is 0 Å². The number of benzene rings is 1. The molecule has 1 atom stereocenters. The number of carbonyl (C=O) groups excluding carboxylic acids is 2. The fourth-order valence-corrected chi connectivity index (χ4v) is 3.67. The van der Waals surface area contributed by atoms with Crippen molar-refractivity contribution in [3.63, 3.8) is 0 Å². The molecule has 0 bridgehead atoms. The second kappa shape index (κ2) is 11.3. The molecular formula is C20H30IN5O3. The van der Waals surface area contributed by atoms with Gasteiger partial charge in [0, 0.05) is 58.4 Å². The van der Waals surface area contributed by atoms with Gasteiger partial charge in [0.25, 0.3) is 5.91 Å². The Bertz CT molecular complexity index is 725. The lowest BCUT2D eigenvalue weighted by Crippen LogP contribution is -2.49. The third kappa shape index (κ3) is 6.30. The number of carbonyl (C=O) groups is 2. The number of piperazine rings is 1. The third-order valence-electron chi connectivity index (χ3n) is 5.18. The van der Waals surface area contributed by atoms with Crippen LogP contribution >= 0.6 is 24.0 Å². The zero-order chi connectivity index (χ0) is 19.9. The maximum absolute atomic E-state index is 12.5. The fraction of sp³-hybridized carbons (Fsp3) is 0.550.